The largest absolute Gasteiger partial charge is 0.325 e. The van der Waals surface area contributed by atoms with Crippen LogP contribution in [0.4, 0.5) is 0 Å². The van der Waals surface area contributed by atoms with Crippen molar-refractivity contribution in [3.63, 3.8) is 0 Å². The summed E-state index contributed by atoms with van der Waals surface area (Å²) in [5, 5.41) is 0. The number of hydrogen-bond donors (Lipinski definition) is 1. The second-order valence-corrected chi connectivity index (χ2v) is 3.21. The van der Waals surface area contributed by atoms with Gasteiger partial charge in [-0.1, -0.05) is 6.07 Å². The molecule has 0 amide bonds. The Labute approximate surface area is 77.2 Å². The van der Waals surface area contributed by atoms with Crippen LogP contribution in [0.2, 0.25) is 0 Å². The van der Waals surface area contributed by atoms with Gasteiger partial charge in [0, 0.05) is 17.9 Å². The van der Waals surface area contributed by atoms with Crippen LogP contribution in [0.15, 0.2) is 18.2 Å². The first kappa shape index (κ1) is 8.26. The van der Waals surface area contributed by atoms with Crippen molar-refractivity contribution in [2.75, 3.05) is 0 Å². The first-order valence-electron chi connectivity index (χ1n) is 4.37. The number of aromatic nitrogens is 2. The zero-order chi connectivity index (χ0) is 9.42. The number of hydrogen-bond acceptors (Lipinski definition) is 2. The average molecular weight is 175 g/mol. The molecule has 0 aliphatic carbocycles. The zero-order valence-electron chi connectivity index (χ0n) is 7.91. The lowest BCUT2D eigenvalue weighted by Gasteiger charge is -2.00. The lowest BCUT2D eigenvalue weighted by Crippen LogP contribution is -1.99. The molecule has 0 aliphatic rings. The molecule has 0 atom stereocenters. The minimum absolute atomic E-state index is 0.507. The summed E-state index contributed by atoms with van der Waals surface area (Å²) in [6.45, 7) is 4.63. The Hall–Kier alpha value is -1.35. The Bertz CT molecular complexity index is 443. The molecule has 3 nitrogen and oxygen atoms in total. The summed E-state index contributed by atoms with van der Waals surface area (Å²) < 4.78 is 2.13. The van der Waals surface area contributed by atoms with Crippen molar-refractivity contribution in [2.24, 2.45) is 5.73 Å². The molecule has 3 heteroatoms. The van der Waals surface area contributed by atoms with E-state index in [0.717, 1.165) is 17.0 Å². The quantitative estimate of drug-likeness (QED) is 0.712. The fourth-order valence-corrected chi connectivity index (χ4v) is 1.67. The zero-order valence-corrected chi connectivity index (χ0v) is 7.91. The summed E-state index contributed by atoms with van der Waals surface area (Å²) in [6, 6.07) is 6.08. The van der Waals surface area contributed by atoms with Crippen LogP contribution in [-0.2, 0) is 6.54 Å². The lowest BCUT2D eigenvalue weighted by atomic mass is 10.3. The van der Waals surface area contributed by atoms with Crippen LogP contribution in [0, 0.1) is 13.8 Å². The predicted octanol–water partition coefficient (Wildman–Crippen LogP) is 1.41. The normalized spacial score (nSPS) is 11.0. The van der Waals surface area contributed by atoms with Crippen molar-refractivity contribution in [3.8, 4) is 0 Å². The molecule has 0 spiro atoms. The second kappa shape index (κ2) is 2.85. The van der Waals surface area contributed by atoms with E-state index in [9.17, 15) is 0 Å². The highest BCUT2D eigenvalue weighted by atomic mass is 15.0. The number of rotatable bonds is 1. The molecule has 2 heterocycles. The van der Waals surface area contributed by atoms with Crippen LogP contribution in [0.3, 0.4) is 0 Å². The van der Waals surface area contributed by atoms with Gasteiger partial charge < -0.3 is 10.1 Å². The van der Waals surface area contributed by atoms with Crippen LogP contribution in [0.5, 0.6) is 0 Å². The molecule has 2 N–H and O–H groups in total. The number of pyridine rings is 1. The predicted molar refractivity (Wildman–Crippen MR) is 52.6 cm³/mol. The number of nitrogens with two attached hydrogens (primary N) is 1. The third kappa shape index (κ3) is 1.12. The highest BCUT2D eigenvalue weighted by Crippen LogP contribution is 2.13. The molecule has 0 saturated carbocycles. The first-order chi connectivity index (χ1) is 6.24. The minimum Gasteiger partial charge on any atom is -0.325 e. The van der Waals surface area contributed by atoms with Crippen molar-refractivity contribution < 1.29 is 0 Å². The van der Waals surface area contributed by atoms with Crippen molar-refractivity contribution in [2.45, 2.75) is 20.4 Å². The summed E-state index contributed by atoms with van der Waals surface area (Å²) >= 11 is 0. The van der Waals surface area contributed by atoms with E-state index in [4.69, 9.17) is 5.73 Å². The molecule has 2 rings (SSSR count). The molecule has 2 aromatic rings. The van der Waals surface area contributed by atoms with E-state index in [0.29, 0.717) is 6.54 Å². The van der Waals surface area contributed by atoms with Gasteiger partial charge in [0.25, 0.3) is 0 Å². The third-order valence-electron chi connectivity index (χ3n) is 2.36. The van der Waals surface area contributed by atoms with E-state index in [1.165, 1.54) is 5.69 Å². The van der Waals surface area contributed by atoms with Crippen LogP contribution >= 0.6 is 0 Å². The van der Waals surface area contributed by atoms with Gasteiger partial charge in [-0.3, -0.25) is 0 Å². The smallest absolute Gasteiger partial charge is 0.137 e. The summed E-state index contributed by atoms with van der Waals surface area (Å²) in [5.74, 6) is 0. The molecular weight excluding hydrogens is 162 g/mol. The molecule has 0 saturated heterocycles. The van der Waals surface area contributed by atoms with Gasteiger partial charge in [-0.15, -0.1) is 0 Å². The summed E-state index contributed by atoms with van der Waals surface area (Å²) in [5.41, 5.74) is 9.90. The average Bonchev–Trinajstić information content (AvgIpc) is 2.44. The minimum atomic E-state index is 0.507. The first-order valence-corrected chi connectivity index (χ1v) is 4.37. The Morgan fingerprint density at radius 2 is 2.15 bits per heavy atom. The molecule has 0 unspecified atom stereocenters. The van der Waals surface area contributed by atoms with Crippen molar-refractivity contribution in [1.82, 2.24) is 9.38 Å². The molecular formula is C10H13N3. The van der Waals surface area contributed by atoms with Crippen molar-refractivity contribution in [1.29, 1.82) is 0 Å². The SMILES string of the molecule is Cc1cccc2nc(CN)c(C)n12. The molecule has 13 heavy (non-hydrogen) atoms. The van der Waals surface area contributed by atoms with Crippen LogP contribution in [0.1, 0.15) is 17.1 Å². The molecule has 0 aromatic carbocycles. The number of aryl methyl sites for hydroxylation is 2. The van der Waals surface area contributed by atoms with Crippen LogP contribution < -0.4 is 5.73 Å². The summed E-state index contributed by atoms with van der Waals surface area (Å²) in [7, 11) is 0. The molecule has 0 bridgehead atoms. The Morgan fingerprint density at radius 1 is 1.38 bits per heavy atom. The third-order valence-corrected chi connectivity index (χ3v) is 2.36. The van der Waals surface area contributed by atoms with Gasteiger partial charge in [0.2, 0.25) is 0 Å². The highest BCUT2D eigenvalue weighted by Gasteiger charge is 2.06. The van der Waals surface area contributed by atoms with Gasteiger partial charge in [-0.2, -0.15) is 0 Å². The fraction of sp³-hybridized carbons (Fsp3) is 0.300. The fourth-order valence-electron chi connectivity index (χ4n) is 1.67. The monoisotopic (exact) mass is 175 g/mol. The standard InChI is InChI=1S/C10H13N3/c1-7-4-3-5-10-12-9(6-11)8(2)13(7)10/h3-5H,6,11H2,1-2H3. The van der Waals surface area contributed by atoms with Gasteiger partial charge in [0.05, 0.1) is 5.69 Å². The maximum atomic E-state index is 5.59. The molecule has 0 radical (unpaired) electrons. The maximum absolute atomic E-state index is 5.59. The van der Waals surface area contributed by atoms with E-state index >= 15 is 0 Å². The maximum Gasteiger partial charge on any atom is 0.137 e. The Balaban J connectivity index is 2.85. The van der Waals surface area contributed by atoms with Gasteiger partial charge in [-0.05, 0) is 26.0 Å². The molecule has 0 fully saturated rings. The molecule has 2 aromatic heterocycles. The second-order valence-electron chi connectivity index (χ2n) is 3.21. The van der Waals surface area contributed by atoms with E-state index in [1.54, 1.807) is 0 Å². The number of nitrogens with zero attached hydrogens (tertiary/aromatic N) is 2. The van der Waals surface area contributed by atoms with Gasteiger partial charge in [0.15, 0.2) is 0 Å². The van der Waals surface area contributed by atoms with E-state index in [2.05, 4.69) is 29.3 Å². The molecule has 68 valence electrons. The number of imidazole rings is 1. The summed E-state index contributed by atoms with van der Waals surface area (Å²) in [4.78, 5) is 4.43. The van der Waals surface area contributed by atoms with Gasteiger partial charge >= 0.3 is 0 Å². The highest BCUT2D eigenvalue weighted by molar-refractivity contribution is 5.44. The van der Waals surface area contributed by atoms with Gasteiger partial charge in [0.1, 0.15) is 5.65 Å². The van der Waals surface area contributed by atoms with E-state index < -0.39 is 0 Å². The number of fused-ring (bicyclic) bond motifs is 1. The Kier molecular flexibility index (Phi) is 1.81. The topological polar surface area (TPSA) is 43.3 Å². The summed E-state index contributed by atoms with van der Waals surface area (Å²) in [6.07, 6.45) is 0. The lowest BCUT2D eigenvalue weighted by molar-refractivity contribution is 0.970. The van der Waals surface area contributed by atoms with Crippen molar-refractivity contribution in [3.05, 3.63) is 35.3 Å². The Morgan fingerprint density at radius 3 is 2.77 bits per heavy atom. The van der Waals surface area contributed by atoms with E-state index in [-0.39, 0.29) is 0 Å². The van der Waals surface area contributed by atoms with E-state index in [1.807, 2.05) is 12.1 Å². The van der Waals surface area contributed by atoms with Crippen molar-refractivity contribution >= 4 is 5.65 Å². The van der Waals surface area contributed by atoms with Gasteiger partial charge in [-0.25, -0.2) is 4.98 Å². The van der Waals surface area contributed by atoms with Crippen LogP contribution in [-0.4, -0.2) is 9.38 Å². The molecule has 0 aliphatic heterocycles. The van der Waals surface area contributed by atoms with Crippen LogP contribution in [0.25, 0.3) is 5.65 Å².